The first kappa shape index (κ1) is 11.9. The van der Waals surface area contributed by atoms with E-state index in [-0.39, 0.29) is 0 Å². The molecule has 0 saturated heterocycles. The van der Waals surface area contributed by atoms with Gasteiger partial charge in [0.25, 0.3) is 0 Å². The first-order valence-corrected chi connectivity index (χ1v) is 6.39. The molecular weight excluding hydrogens is 263 g/mol. The monoisotopic (exact) mass is 272 g/mol. The lowest BCUT2D eigenvalue weighted by molar-refractivity contribution is 0.798. The Kier molecular flexibility index (Phi) is 3.82. The third-order valence-corrected chi connectivity index (χ3v) is 3.83. The Bertz CT molecular complexity index is 496. The van der Waals surface area contributed by atoms with Crippen LogP contribution in [0.5, 0.6) is 0 Å². The number of aromatic nitrogens is 1. The van der Waals surface area contributed by atoms with Crippen LogP contribution < -0.4 is 5.32 Å². The lowest BCUT2D eigenvalue weighted by Crippen LogP contribution is -2.04. The molecule has 1 N–H and O–H groups in total. The van der Waals surface area contributed by atoms with Gasteiger partial charge in [0.05, 0.1) is 15.7 Å². The van der Waals surface area contributed by atoms with Gasteiger partial charge in [0.15, 0.2) is 0 Å². The average Bonchev–Trinajstić information content (AvgIpc) is 2.71. The van der Waals surface area contributed by atoms with E-state index in [2.05, 4.69) is 10.3 Å². The molecular formula is C11H10Cl2N2S. The van der Waals surface area contributed by atoms with Crippen LogP contribution in [0, 0.1) is 0 Å². The Morgan fingerprint density at radius 1 is 1.38 bits per heavy atom. The lowest BCUT2D eigenvalue weighted by Gasteiger charge is -2.01. The number of hydrogen-bond acceptors (Lipinski definition) is 3. The average molecular weight is 273 g/mol. The number of nitrogens with zero attached hydrogens (tertiary/aromatic N) is 1. The fourth-order valence-corrected chi connectivity index (χ4v) is 2.66. The van der Waals surface area contributed by atoms with Gasteiger partial charge in [0.1, 0.15) is 5.01 Å². The molecule has 5 heteroatoms. The molecule has 0 bridgehead atoms. The molecule has 2 rings (SSSR count). The first-order valence-electron chi connectivity index (χ1n) is 4.75. The molecule has 2 nitrogen and oxygen atoms in total. The smallest absolute Gasteiger partial charge is 0.125 e. The van der Waals surface area contributed by atoms with E-state index in [4.69, 9.17) is 23.2 Å². The molecule has 84 valence electrons. The molecule has 0 fully saturated rings. The van der Waals surface area contributed by atoms with Crippen LogP contribution in [-0.2, 0) is 6.54 Å². The Morgan fingerprint density at radius 2 is 2.19 bits per heavy atom. The largest absolute Gasteiger partial charge is 0.314 e. The summed E-state index contributed by atoms with van der Waals surface area (Å²) in [5.74, 6) is 0. The molecule has 2 aromatic rings. The fraction of sp³-hybridized carbons (Fsp3) is 0.182. The van der Waals surface area contributed by atoms with E-state index in [0.717, 1.165) is 22.8 Å². The highest BCUT2D eigenvalue weighted by Gasteiger charge is 2.10. The van der Waals surface area contributed by atoms with Gasteiger partial charge in [-0.15, -0.1) is 11.3 Å². The zero-order chi connectivity index (χ0) is 11.5. The SMILES string of the molecule is CNCc1csc(-c2cccc(Cl)c2Cl)n1. The highest BCUT2D eigenvalue weighted by Crippen LogP contribution is 2.34. The van der Waals surface area contributed by atoms with Crippen molar-refractivity contribution in [1.29, 1.82) is 0 Å². The van der Waals surface area contributed by atoms with Crippen LogP contribution in [0.15, 0.2) is 23.6 Å². The van der Waals surface area contributed by atoms with Crippen molar-refractivity contribution in [1.82, 2.24) is 10.3 Å². The molecule has 0 radical (unpaired) electrons. The van der Waals surface area contributed by atoms with E-state index in [1.165, 1.54) is 0 Å². The number of benzene rings is 1. The van der Waals surface area contributed by atoms with Crippen LogP contribution in [0.2, 0.25) is 10.0 Å². The van der Waals surface area contributed by atoms with Gasteiger partial charge in [-0.3, -0.25) is 0 Å². The van der Waals surface area contributed by atoms with Crippen LogP contribution >= 0.6 is 34.5 Å². The maximum Gasteiger partial charge on any atom is 0.125 e. The predicted octanol–water partition coefficient (Wildman–Crippen LogP) is 3.84. The van der Waals surface area contributed by atoms with Gasteiger partial charge in [-0.1, -0.05) is 35.3 Å². The van der Waals surface area contributed by atoms with Crippen molar-refractivity contribution in [2.75, 3.05) is 7.05 Å². The number of halogens is 2. The summed E-state index contributed by atoms with van der Waals surface area (Å²) in [4.78, 5) is 4.49. The predicted molar refractivity (Wildman–Crippen MR) is 70.3 cm³/mol. The summed E-state index contributed by atoms with van der Waals surface area (Å²) in [5, 5.41) is 7.10. The quantitative estimate of drug-likeness (QED) is 0.919. The van der Waals surface area contributed by atoms with E-state index < -0.39 is 0 Å². The maximum atomic E-state index is 6.13. The molecule has 1 aromatic heterocycles. The Hall–Kier alpha value is -0.610. The topological polar surface area (TPSA) is 24.9 Å². The Morgan fingerprint density at radius 3 is 2.94 bits per heavy atom. The van der Waals surface area contributed by atoms with E-state index in [0.29, 0.717) is 10.0 Å². The molecule has 0 aliphatic carbocycles. The van der Waals surface area contributed by atoms with Crippen molar-refractivity contribution in [2.45, 2.75) is 6.54 Å². The number of rotatable bonds is 3. The van der Waals surface area contributed by atoms with Crippen molar-refractivity contribution in [3.8, 4) is 10.6 Å². The zero-order valence-electron chi connectivity index (χ0n) is 8.63. The van der Waals surface area contributed by atoms with Gasteiger partial charge < -0.3 is 5.32 Å². The Balaban J connectivity index is 2.39. The number of nitrogens with one attached hydrogen (secondary N) is 1. The molecule has 0 aliphatic heterocycles. The summed E-state index contributed by atoms with van der Waals surface area (Å²) < 4.78 is 0. The summed E-state index contributed by atoms with van der Waals surface area (Å²) in [6.45, 7) is 0.759. The van der Waals surface area contributed by atoms with Gasteiger partial charge in [-0.25, -0.2) is 4.98 Å². The van der Waals surface area contributed by atoms with Crippen molar-refractivity contribution < 1.29 is 0 Å². The van der Waals surface area contributed by atoms with Crippen LogP contribution in [-0.4, -0.2) is 12.0 Å². The van der Waals surface area contributed by atoms with Gasteiger partial charge in [-0.2, -0.15) is 0 Å². The second-order valence-electron chi connectivity index (χ2n) is 3.28. The fourth-order valence-electron chi connectivity index (χ4n) is 1.36. The minimum absolute atomic E-state index is 0.560. The Labute approximate surface area is 108 Å². The second kappa shape index (κ2) is 5.15. The molecule has 0 atom stereocenters. The third-order valence-electron chi connectivity index (χ3n) is 2.09. The first-order chi connectivity index (χ1) is 7.72. The minimum atomic E-state index is 0.560. The van der Waals surface area contributed by atoms with E-state index in [1.54, 1.807) is 17.4 Å². The highest BCUT2D eigenvalue weighted by atomic mass is 35.5. The van der Waals surface area contributed by atoms with Crippen molar-refractivity contribution in [2.24, 2.45) is 0 Å². The van der Waals surface area contributed by atoms with Crippen LogP contribution in [0.3, 0.4) is 0 Å². The zero-order valence-corrected chi connectivity index (χ0v) is 11.0. The van der Waals surface area contributed by atoms with E-state index in [1.807, 2.05) is 24.6 Å². The summed E-state index contributed by atoms with van der Waals surface area (Å²) in [6, 6.07) is 5.58. The van der Waals surface area contributed by atoms with Crippen molar-refractivity contribution in [3.05, 3.63) is 39.3 Å². The molecule has 0 amide bonds. The van der Waals surface area contributed by atoms with Gasteiger partial charge in [-0.05, 0) is 13.1 Å². The van der Waals surface area contributed by atoms with Crippen LogP contribution in [0.4, 0.5) is 0 Å². The van der Waals surface area contributed by atoms with Crippen molar-refractivity contribution in [3.63, 3.8) is 0 Å². The molecule has 0 spiro atoms. The normalized spacial score (nSPS) is 10.7. The third kappa shape index (κ3) is 2.38. The minimum Gasteiger partial charge on any atom is -0.314 e. The molecule has 1 aromatic carbocycles. The lowest BCUT2D eigenvalue weighted by atomic mass is 10.2. The van der Waals surface area contributed by atoms with E-state index >= 15 is 0 Å². The molecule has 0 unspecified atom stereocenters. The summed E-state index contributed by atoms with van der Waals surface area (Å²) in [6.07, 6.45) is 0. The molecule has 1 heterocycles. The summed E-state index contributed by atoms with van der Waals surface area (Å²) in [7, 11) is 1.89. The highest BCUT2D eigenvalue weighted by molar-refractivity contribution is 7.13. The molecule has 0 saturated carbocycles. The summed E-state index contributed by atoms with van der Waals surface area (Å²) in [5.41, 5.74) is 1.90. The van der Waals surface area contributed by atoms with Gasteiger partial charge in [0.2, 0.25) is 0 Å². The van der Waals surface area contributed by atoms with Crippen LogP contribution in [0.25, 0.3) is 10.6 Å². The molecule has 0 aliphatic rings. The van der Waals surface area contributed by atoms with E-state index in [9.17, 15) is 0 Å². The molecule has 16 heavy (non-hydrogen) atoms. The maximum absolute atomic E-state index is 6.13. The number of hydrogen-bond donors (Lipinski definition) is 1. The van der Waals surface area contributed by atoms with Gasteiger partial charge in [0, 0.05) is 17.5 Å². The van der Waals surface area contributed by atoms with Gasteiger partial charge >= 0.3 is 0 Å². The second-order valence-corrected chi connectivity index (χ2v) is 4.92. The number of thiazole rings is 1. The standard InChI is InChI=1S/C11H10Cl2N2S/c1-14-5-7-6-16-11(15-7)8-3-2-4-9(12)10(8)13/h2-4,6,14H,5H2,1H3. The van der Waals surface area contributed by atoms with Crippen LogP contribution in [0.1, 0.15) is 5.69 Å². The van der Waals surface area contributed by atoms with Crippen molar-refractivity contribution >= 4 is 34.5 Å². The summed E-state index contributed by atoms with van der Waals surface area (Å²) >= 11 is 13.7.